The van der Waals surface area contributed by atoms with E-state index in [1.165, 1.54) is 0 Å². The molecular formula is C19H24N4O3. The van der Waals surface area contributed by atoms with E-state index in [2.05, 4.69) is 20.5 Å². The Balaban J connectivity index is 1.53. The van der Waals surface area contributed by atoms with Gasteiger partial charge in [0.15, 0.2) is 0 Å². The quantitative estimate of drug-likeness (QED) is 0.765. The minimum Gasteiger partial charge on any atom is -0.481 e. The smallest absolute Gasteiger partial charge is 0.319 e. The third-order valence-electron chi connectivity index (χ3n) is 4.66. The van der Waals surface area contributed by atoms with Crippen LogP contribution in [0.1, 0.15) is 18.5 Å². The van der Waals surface area contributed by atoms with Crippen LogP contribution in [0.25, 0.3) is 10.9 Å². The number of benzene rings is 1. The highest BCUT2D eigenvalue weighted by molar-refractivity contribution is 6.00. The maximum absolute atomic E-state index is 12.2. The summed E-state index contributed by atoms with van der Waals surface area (Å²) < 4.78 is 0. The predicted molar refractivity (Wildman–Crippen MR) is 100 cm³/mol. The summed E-state index contributed by atoms with van der Waals surface area (Å²) in [6.45, 7) is 4.44. The monoisotopic (exact) mass is 356 g/mol. The van der Waals surface area contributed by atoms with Crippen LogP contribution in [0.3, 0.4) is 0 Å². The molecule has 1 aliphatic rings. The van der Waals surface area contributed by atoms with E-state index in [1.54, 1.807) is 0 Å². The number of urea groups is 1. The number of fused-ring (bicyclic) bond motifs is 1. The standard InChI is InChI=1S/C19H24N4O3/c1-13-11-17(15-6-2-3-7-16(15)21-13)22-19(26)20-8-10-23-9-4-5-14(12-23)18(24)25/h2-3,6-7,11,14H,4-5,8-10,12H2,1H3,(H,24,25)(H2,20,21,22,26). The summed E-state index contributed by atoms with van der Waals surface area (Å²) in [5.74, 6) is -1.04. The molecule has 7 nitrogen and oxygen atoms in total. The van der Waals surface area contributed by atoms with Gasteiger partial charge >= 0.3 is 12.0 Å². The molecule has 1 aliphatic heterocycles. The van der Waals surface area contributed by atoms with E-state index < -0.39 is 5.97 Å². The SMILES string of the molecule is Cc1cc(NC(=O)NCCN2CCCC(C(=O)O)C2)c2ccccc2n1. The molecule has 1 aromatic heterocycles. The van der Waals surface area contributed by atoms with Crippen molar-refractivity contribution >= 4 is 28.6 Å². The molecule has 3 N–H and O–H groups in total. The van der Waals surface area contributed by atoms with Crippen molar-refractivity contribution in [1.29, 1.82) is 0 Å². The molecule has 3 rings (SSSR count). The van der Waals surface area contributed by atoms with Crippen LogP contribution in [0.4, 0.5) is 10.5 Å². The molecule has 1 atom stereocenters. The molecule has 1 aromatic carbocycles. The first-order valence-corrected chi connectivity index (χ1v) is 8.89. The van der Waals surface area contributed by atoms with Crippen molar-refractivity contribution in [2.75, 3.05) is 31.5 Å². The molecule has 2 amide bonds. The molecule has 1 unspecified atom stereocenters. The molecule has 26 heavy (non-hydrogen) atoms. The number of hydrogen-bond acceptors (Lipinski definition) is 4. The van der Waals surface area contributed by atoms with Crippen molar-refractivity contribution in [3.05, 3.63) is 36.0 Å². The average Bonchev–Trinajstić information content (AvgIpc) is 2.62. The zero-order valence-corrected chi connectivity index (χ0v) is 14.9. The van der Waals surface area contributed by atoms with Gasteiger partial charge in [-0.3, -0.25) is 9.78 Å². The van der Waals surface area contributed by atoms with Gasteiger partial charge < -0.3 is 20.6 Å². The van der Waals surface area contributed by atoms with E-state index in [0.717, 1.165) is 41.7 Å². The summed E-state index contributed by atoms with van der Waals surface area (Å²) in [6, 6.07) is 9.26. The minimum atomic E-state index is -0.736. The zero-order valence-electron chi connectivity index (χ0n) is 14.9. The highest BCUT2D eigenvalue weighted by Crippen LogP contribution is 2.22. The van der Waals surface area contributed by atoms with E-state index >= 15 is 0 Å². The number of carbonyl (C=O) groups is 2. The van der Waals surface area contributed by atoms with Crippen LogP contribution >= 0.6 is 0 Å². The molecule has 2 aromatic rings. The van der Waals surface area contributed by atoms with Gasteiger partial charge in [0, 0.05) is 30.7 Å². The van der Waals surface area contributed by atoms with Crippen LogP contribution in [0.15, 0.2) is 30.3 Å². The number of piperidine rings is 1. The van der Waals surface area contributed by atoms with Crippen molar-refractivity contribution in [2.24, 2.45) is 5.92 Å². The third kappa shape index (κ3) is 4.49. The molecule has 1 fully saturated rings. The second-order valence-electron chi connectivity index (χ2n) is 6.69. The van der Waals surface area contributed by atoms with Crippen LogP contribution < -0.4 is 10.6 Å². The predicted octanol–water partition coefficient (Wildman–Crippen LogP) is 2.46. The van der Waals surface area contributed by atoms with Crippen LogP contribution in [-0.2, 0) is 4.79 Å². The first-order valence-electron chi connectivity index (χ1n) is 8.89. The van der Waals surface area contributed by atoms with Crippen molar-refractivity contribution in [3.8, 4) is 0 Å². The number of aromatic nitrogens is 1. The summed E-state index contributed by atoms with van der Waals surface area (Å²) in [6.07, 6.45) is 1.61. The molecular weight excluding hydrogens is 332 g/mol. The molecule has 2 heterocycles. The van der Waals surface area contributed by atoms with Crippen LogP contribution in [0.5, 0.6) is 0 Å². The van der Waals surface area contributed by atoms with Gasteiger partial charge in [-0.25, -0.2) is 4.79 Å². The number of likely N-dealkylation sites (tertiary alicyclic amines) is 1. The van der Waals surface area contributed by atoms with Gasteiger partial charge in [-0.05, 0) is 38.4 Å². The fourth-order valence-corrected chi connectivity index (χ4v) is 3.37. The van der Waals surface area contributed by atoms with E-state index in [9.17, 15) is 9.59 Å². The number of aryl methyl sites for hydroxylation is 1. The van der Waals surface area contributed by atoms with Crippen molar-refractivity contribution in [2.45, 2.75) is 19.8 Å². The Morgan fingerprint density at radius 2 is 2.15 bits per heavy atom. The largest absolute Gasteiger partial charge is 0.481 e. The minimum absolute atomic E-state index is 0.271. The van der Waals surface area contributed by atoms with Gasteiger partial charge in [-0.1, -0.05) is 18.2 Å². The number of pyridine rings is 1. The molecule has 7 heteroatoms. The summed E-state index contributed by atoms with van der Waals surface area (Å²) in [4.78, 5) is 29.9. The van der Waals surface area contributed by atoms with Crippen molar-refractivity contribution in [3.63, 3.8) is 0 Å². The Kier molecular flexibility index (Phi) is 5.68. The lowest BCUT2D eigenvalue weighted by Gasteiger charge is -2.30. The van der Waals surface area contributed by atoms with E-state index in [1.807, 2.05) is 37.3 Å². The highest BCUT2D eigenvalue weighted by Gasteiger charge is 2.24. The van der Waals surface area contributed by atoms with Gasteiger partial charge in [0.2, 0.25) is 0 Å². The number of carboxylic acid groups (broad SMARTS) is 1. The first-order chi connectivity index (χ1) is 12.5. The van der Waals surface area contributed by atoms with Crippen LogP contribution in [0.2, 0.25) is 0 Å². The lowest BCUT2D eigenvalue weighted by molar-refractivity contribution is -0.143. The van der Waals surface area contributed by atoms with E-state index in [0.29, 0.717) is 19.6 Å². The molecule has 1 saturated heterocycles. The maximum Gasteiger partial charge on any atom is 0.319 e. The molecule has 0 saturated carbocycles. The maximum atomic E-state index is 12.2. The van der Waals surface area contributed by atoms with Gasteiger partial charge in [-0.2, -0.15) is 0 Å². The Hall–Kier alpha value is -2.67. The van der Waals surface area contributed by atoms with Gasteiger partial charge in [0.1, 0.15) is 0 Å². The summed E-state index contributed by atoms with van der Waals surface area (Å²) in [5.41, 5.74) is 2.41. The number of amides is 2. The Labute approximate surface area is 152 Å². The number of anilines is 1. The molecule has 0 radical (unpaired) electrons. The first kappa shape index (κ1) is 18.1. The number of carboxylic acids is 1. The van der Waals surface area contributed by atoms with Crippen molar-refractivity contribution in [1.82, 2.24) is 15.2 Å². The van der Waals surface area contributed by atoms with Crippen molar-refractivity contribution < 1.29 is 14.7 Å². The van der Waals surface area contributed by atoms with Crippen LogP contribution in [0, 0.1) is 12.8 Å². The zero-order chi connectivity index (χ0) is 18.5. The summed E-state index contributed by atoms with van der Waals surface area (Å²) >= 11 is 0. The number of hydrogen-bond donors (Lipinski definition) is 3. The molecule has 138 valence electrons. The topological polar surface area (TPSA) is 94.6 Å². The third-order valence-corrected chi connectivity index (χ3v) is 4.66. The van der Waals surface area contributed by atoms with Crippen LogP contribution in [-0.4, -0.2) is 53.2 Å². The molecule has 0 aliphatic carbocycles. The Morgan fingerprint density at radius 3 is 2.96 bits per heavy atom. The summed E-state index contributed by atoms with van der Waals surface area (Å²) in [5, 5.41) is 15.8. The number of nitrogens with zero attached hydrogens (tertiary/aromatic N) is 2. The number of aliphatic carboxylic acids is 1. The van der Waals surface area contributed by atoms with E-state index in [4.69, 9.17) is 5.11 Å². The number of carbonyl (C=O) groups excluding carboxylic acids is 1. The number of para-hydroxylation sites is 1. The number of rotatable bonds is 5. The fraction of sp³-hybridized carbons (Fsp3) is 0.421. The Morgan fingerprint density at radius 1 is 1.35 bits per heavy atom. The second kappa shape index (κ2) is 8.14. The van der Waals surface area contributed by atoms with Gasteiger partial charge in [0.05, 0.1) is 17.1 Å². The Bertz CT molecular complexity index is 808. The van der Waals surface area contributed by atoms with Gasteiger partial charge in [-0.15, -0.1) is 0 Å². The average molecular weight is 356 g/mol. The normalized spacial score (nSPS) is 17.8. The molecule has 0 bridgehead atoms. The highest BCUT2D eigenvalue weighted by atomic mass is 16.4. The second-order valence-corrected chi connectivity index (χ2v) is 6.69. The van der Waals surface area contributed by atoms with E-state index in [-0.39, 0.29) is 11.9 Å². The lowest BCUT2D eigenvalue weighted by atomic mass is 9.98. The van der Waals surface area contributed by atoms with Gasteiger partial charge in [0.25, 0.3) is 0 Å². The number of nitrogens with one attached hydrogen (secondary N) is 2. The fourth-order valence-electron chi connectivity index (χ4n) is 3.37. The molecule has 0 spiro atoms. The summed E-state index contributed by atoms with van der Waals surface area (Å²) in [7, 11) is 0. The lowest BCUT2D eigenvalue weighted by Crippen LogP contribution is -2.43.